The van der Waals surface area contributed by atoms with Gasteiger partial charge in [-0.05, 0) is 38.2 Å². The van der Waals surface area contributed by atoms with Gasteiger partial charge in [0.1, 0.15) is 17.0 Å². The van der Waals surface area contributed by atoms with Crippen LogP contribution >= 0.6 is 11.3 Å². The molecular formula is C14H20N4O2S2. The van der Waals surface area contributed by atoms with Gasteiger partial charge in [-0.1, -0.05) is 0 Å². The highest BCUT2D eigenvalue weighted by molar-refractivity contribution is 7.89. The van der Waals surface area contributed by atoms with Crippen molar-refractivity contribution in [1.82, 2.24) is 14.7 Å². The minimum absolute atomic E-state index is 0.1000. The van der Waals surface area contributed by atoms with Crippen LogP contribution < -0.4 is 10.0 Å². The second-order valence-corrected chi connectivity index (χ2v) is 8.52. The highest BCUT2D eigenvalue weighted by Gasteiger charge is 2.19. The number of fused-ring (bicyclic) bond motifs is 3. The molecule has 2 heterocycles. The summed E-state index contributed by atoms with van der Waals surface area (Å²) >= 11 is 1.76. The molecule has 0 saturated heterocycles. The summed E-state index contributed by atoms with van der Waals surface area (Å²) in [6.45, 7) is 2.49. The molecule has 0 bridgehead atoms. The van der Waals surface area contributed by atoms with E-state index in [-0.39, 0.29) is 5.75 Å². The lowest BCUT2D eigenvalue weighted by atomic mass is 9.97. The molecule has 120 valence electrons. The van der Waals surface area contributed by atoms with Crippen molar-refractivity contribution in [3.8, 4) is 0 Å². The van der Waals surface area contributed by atoms with Crippen LogP contribution in [-0.2, 0) is 22.9 Å². The van der Waals surface area contributed by atoms with Crippen molar-refractivity contribution in [2.45, 2.75) is 32.6 Å². The van der Waals surface area contributed by atoms with Gasteiger partial charge < -0.3 is 5.32 Å². The van der Waals surface area contributed by atoms with Crippen LogP contribution in [0.4, 0.5) is 5.82 Å². The Kier molecular flexibility index (Phi) is 4.60. The molecule has 0 aromatic carbocycles. The zero-order chi connectivity index (χ0) is 15.6. The SMILES string of the molecule is CCS(=O)(=O)NCCNc1ncnc2sc3c(c12)CCCC3. The maximum absolute atomic E-state index is 11.4. The Hall–Kier alpha value is -1.25. The van der Waals surface area contributed by atoms with Crippen LogP contribution in [0.1, 0.15) is 30.2 Å². The molecule has 3 rings (SSSR count). The molecule has 0 saturated carbocycles. The number of sulfonamides is 1. The van der Waals surface area contributed by atoms with Crippen molar-refractivity contribution in [2.24, 2.45) is 0 Å². The molecule has 0 radical (unpaired) electrons. The van der Waals surface area contributed by atoms with E-state index in [9.17, 15) is 8.42 Å². The van der Waals surface area contributed by atoms with E-state index >= 15 is 0 Å². The predicted molar refractivity (Wildman–Crippen MR) is 90.0 cm³/mol. The van der Waals surface area contributed by atoms with Crippen molar-refractivity contribution in [2.75, 3.05) is 24.2 Å². The lowest BCUT2D eigenvalue weighted by Crippen LogP contribution is -2.30. The Balaban J connectivity index is 1.75. The van der Waals surface area contributed by atoms with E-state index in [1.807, 2.05) is 0 Å². The summed E-state index contributed by atoms with van der Waals surface area (Å²) in [5.41, 5.74) is 1.38. The number of aryl methyl sites for hydroxylation is 2. The van der Waals surface area contributed by atoms with Gasteiger partial charge in [0.15, 0.2) is 0 Å². The Morgan fingerprint density at radius 1 is 1.23 bits per heavy atom. The smallest absolute Gasteiger partial charge is 0.211 e. The second kappa shape index (κ2) is 6.47. The summed E-state index contributed by atoms with van der Waals surface area (Å²) in [6, 6.07) is 0. The molecule has 0 atom stereocenters. The number of rotatable bonds is 6. The third-order valence-corrected chi connectivity index (χ3v) is 6.47. The Morgan fingerprint density at radius 2 is 2.05 bits per heavy atom. The van der Waals surface area contributed by atoms with Crippen molar-refractivity contribution < 1.29 is 8.42 Å². The standard InChI is InChI=1S/C14H20N4O2S2/c1-2-22(19,20)18-8-7-15-13-12-10-5-3-4-6-11(10)21-14(12)17-9-16-13/h9,18H,2-8H2,1H3,(H,15,16,17). The zero-order valence-corrected chi connectivity index (χ0v) is 14.2. The Bertz CT molecular complexity index is 770. The van der Waals surface area contributed by atoms with Crippen molar-refractivity contribution in [3.63, 3.8) is 0 Å². The lowest BCUT2D eigenvalue weighted by molar-refractivity contribution is 0.584. The van der Waals surface area contributed by atoms with Crippen LogP contribution in [0.15, 0.2) is 6.33 Å². The summed E-state index contributed by atoms with van der Waals surface area (Å²) in [7, 11) is -3.14. The normalized spacial score (nSPS) is 15.0. The monoisotopic (exact) mass is 340 g/mol. The van der Waals surface area contributed by atoms with Crippen LogP contribution in [0.25, 0.3) is 10.2 Å². The van der Waals surface area contributed by atoms with Crippen molar-refractivity contribution in [3.05, 3.63) is 16.8 Å². The summed E-state index contributed by atoms with van der Waals surface area (Å²) in [5.74, 6) is 0.920. The number of aromatic nitrogens is 2. The first-order valence-electron chi connectivity index (χ1n) is 7.57. The first-order chi connectivity index (χ1) is 10.6. The fraction of sp³-hybridized carbons (Fsp3) is 0.571. The molecule has 6 nitrogen and oxygen atoms in total. The van der Waals surface area contributed by atoms with E-state index in [0.717, 1.165) is 28.9 Å². The lowest BCUT2D eigenvalue weighted by Gasteiger charge is -2.12. The molecule has 1 aliphatic carbocycles. The van der Waals surface area contributed by atoms with Gasteiger partial charge in [0.25, 0.3) is 0 Å². The number of nitrogens with zero attached hydrogens (tertiary/aromatic N) is 2. The molecule has 0 spiro atoms. The number of hydrogen-bond acceptors (Lipinski definition) is 6. The Labute approximate surface area is 134 Å². The first-order valence-corrected chi connectivity index (χ1v) is 10.0. The third-order valence-electron chi connectivity index (χ3n) is 3.87. The molecule has 8 heteroatoms. The number of thiophene rings is 1. The quantitative estimate of drug-likeness (QED) is 0.785. The summed E-state index contributed by atoms with van der Waals surface area (Å²) in [5, 5.41) is 4.37. The molecule has 0 unspecified atom stereocenters. The largest absolute Gasteiger partial charge is 0.368 e. The van der Waals surface area contributed by atoms with Gasteiger partial charge in [0.05, 0.1) is 11.1 Å². The molecular weight excluding hydrogens is 320 g/mol. The van der Waals surface area contributed by atoms with Crippen molar-refractivity contribution >= 4 is 37.4 Å². The van der Waals surface area contributed by atoms with Crippen LogP contribution in [0.3, 0.4) is 0 Å². The first kappa shape index (κ1) is 15.6. The number of nitrogens with one attached hydrogen (secondary N) is 2. The summed E-state index contributed by atoms with van der Waals surface area (Å²) < 4.78 is 25.4. The fourth-order valence-corrected chi connectivity index (χ4v) is 4.56. The molecule has 0 amide bonds. The van der Waals surface area contributed by atoms with Gasteiger partial charge in [-0.3, -0.25) is 0 Å². The van der Waals surface area contributed by atoms with E-state index in [1.165, 1.54) is 23.3 Å². The highest BCUT2D eigenvalue weighted by atomic mass is 32.2. The molecule has 2 aromatic rings. The number of anilines is 1. The van der Waals surface area contributed by atoms with Gasteiger partial charge in [-0.2, -0.15) is 0 Å². The van der Waals surface area contributed by atoms with Gasteiger partial charge in [0.2, 0.25) is 10.0 Å². The van der Waals surface area contributed by atoms with Crippen LogP contribution in [0, 0.1) is 0 Å². The minimum Gasteiger partial charge on any atom is -0.368 e. The number of hydrogen-bond donors (Lipinski definition) is 2. The van der Waals surface area contributed by atoms with Crippen LogP contribution in [-0.4, -0.2) is 37.2 Å². The van der Waals surface area contributed by atoms with Crippen LogP contribution in [0.2, 0.25) is 0 Å². The fourth-order valence-electron chi connectivity index (χ4n) is 2.71. The maximum atomic E-state index is 11.4. The van der Waals surface area contributed by atoms with E-state index in [1.54, 1.807) is 24.6 Å². The summed E-state index contributed by atoms with van der Waals surface area (Å²) in [6.07, 6.45) is 6.24. The van der Waals surface area contributed by atoms with E-state index in [0.29, 0.717) is 13.1 Å². The zero-order valence-electron chi connectivity index (χ0n) is 12.6. The molecule has 1 aliphatic rings. The summed E-state index contributed by atoms with van der Waals surface area (Å²) in [4.78, 5) is 11.2. The van der Waals surface area contributed by atoms with E-state index in [4.69, 9.17) is 0 Å². The van der Waals surface area contributed by atoms with Gasteiger partial charge >= 0.3 is 0 Å². The molecule has 0 fully saturated rings. The van der Waals surface area contributed by atoms with E-state index in [2.05, 4.69) is 20.0 Å². The average Bonchev–Trinajstić information content (AvgIpc) is 2.91. The Morgan fingerprint density at radius 3 is 2.86 bits per heavy atom. The van der Waals surface area contributed by atoms with E-state index < -0.39 is 10.0 Å². The van der Waals surface area contributed by atoms with Crippen molar-refractivity contribution in [1.29, 1.82) is 0 Å². The topological polar surface area (TPSA) is 84.0 Å². The average molecular weight is 340 g/mol. The minimum atomic E-state index is -3.14. The van der Waals surface area contributed by atoms with Gasteiger partial charge in [-0.15, -0.1) is 11.3 Å². The molecule has 2 N–H and O–H groups in total. The molecule has 22 heavy (non-hydrogen) atoms. The highest BCUT2D eigenvalue weighted by Crippen LogP contribution is 2.37. The van der Waals surface area contributed by atoms with Gasteiger partial charge in [-0.25, -0.2) is 23.1 Å². The molecule has 2 aromatic heterocycles. The maximum Gasteiger partial charge on any atom is 0.211 e. The second-order valence-electron chi connectivity index (χ2n) is 5.34. The molecule has 0 aliphatic heterocycles. The predicted octanol–water partition coefficient (Wildman–Crippen LogP) is 1.92. The van der Waals surface area contributed by atoms with Crippen LogP contribution in [0.5, 0.6) is 0 Å². The third kappa shape index (κ3) is 3.23. The van der Waals surface area contributed by atoms with Gasteiger partial charge in [0, 0.05) is 18.0 Å².